The van der Waals surface area contributed by atoms with E-state index >= 15 is 0 Å². The summed E-state index contributed by atoms with van der Waals surface area (Å²) in [6, 6.07) is 9.71. The molecule has 2 heterocycles. The molecular weight excluding hydrogens is 356 g/mol. The van der Waals surface area contributed by atoms with Crippen molar-refractivity contribution in [2.75, 3.05) is 12.4 Å². The summed E-state index contributed by atoms with van der Waals surface area (Å²) in [5, 5.41) is 14.2. The summed E-state index contributed by atoms with van der Waals surface area (Å²) in [6.07, 6.45) is 1.39. The van der Waals surface area contributed by atoms with E-state index in [1.807, 2.05) is 24.3 Å². The molecule has 134 valence electrons. The number of carbonyl (C=O) groups excluding carboxylic acids is 2. The fourth-order valence-electron chi connectivity index (χ4n) is 2.08. The van der Waals surface area contributed by atoms with Gasteiger partial charge in [0.25, 0.3) is 5.91 Å². The Morgan fingerprint density at radius 1 is 1.19 bits per heavy atom. The number of nitrogens with zero attached hydrogens (tertiary/aromatic N) is 2. The van der Waals surface area contributed by atoms with Gasteiger partial charge in [0.2, 0.25) is 11.0 Å². The Morgan fingerprint density at radius 3 is 2.62 bits per heavy atom. The highest BCUT2D eigenvalue weighted by Gasteiger charge is 2.19. The van der Waals surface area contributed by atoms with E-state index in [0.717, 1.165) is 11.3 Å². The molecule has 2 aromatic heterocycles. The summed E-state index contributed by atoms with van der Waals surface area (Å²) < 4.78 is 10.1. The van der Waals surface area contributed by atoms with Crippen molar-refractivity contribution >= 4 is 28.3 Å². The smallest absolute Gasteiger partial charge is 0.287 e. The van der Waals surface area contributed by atoms with Gasteiger partial charge in [-0.1, -0.05) is 11.3 Å². The second-order valence-electron chi connectivity index (χ2n) is 5.30. The third-order valence-corrected chi connectivity index (χ3v) is 4.37. The molecule has 0 radical (unpaired) electrons. The summed E-state index contributed by atoms with van der Waals surface area (Å²) in [4.78, 5) is 24.1. The molecule has 0 saturated heterocycles. The number of rotatable bonds is 6. The molecule has 2 N–H and O–H groups in total. The van der Waals surface area contributed by atoms with Crippen LogP contribution in [0.25, 0.3) is 10.6 Å². The van der Waals surface area contributed by atoms with E-state index < -0.39 is 17.9 Å². The van der Waals surface area contributed by atoms with Gasteiger partial charge in [-0.15, -0.1) is 10.2 Å². The van der Waals surface area contributed by atoms with Crippen LogP contribution in [0, 0.1) is 0 Å². The third kappa shape index (κ3) is 4.06. The van der Waals surface area contributed by atoms with Crippen LogP contribution in [0.4, 0.5) is 5.13 Å². The number of methoxy groups -OCH3 is 1. The van der Waals surface area contributed by atoms with Crippen molar-refractivity contribution in [1.82, 2.24) is 15.5 Å². The normalized spacial score (nSPS) is 11.6. The number of benzene rings is 1. The largest absolute Gasteiger partial charge is 0.497 e. The first-order chi connectivity index (χ1) is 12.6. The number of anilines is 1. The van der Waals surface area contributed by atoms with E-state index in [9.17, 15) is 9.59 Å². The average molecular weight is 372 g/mol. The Bertz CT molecular complexity index is 890. The standard InChI is InChI=1S/C17H16N4O4S/c1-10(18-15(23)13-4-3-9-25-13)14(22)19-17-21-20-16(26-17)11-5-7-12(24-2)8-6-11/h3-10H,1-2H3,(H,18,23)(H,19,21,22). The third-order valence-electron chi connectivity index (χ3n) is 3.48. The molecule has 0 saturated carbocycles. The molecule has 1 atom stereocenters. The van der Waals surface area contributed by atoms with E-state index in [4.69, 9.17) is 9.15 Å². The van der Waals surface area contributed by atoms with Crippen molar-refractivity contribution in [3.63, 3.8) is 0 Å². The Hall–Kier alpha value is -3.20. The van der Waals surface area contributed by atoms with Crippen LogP contribution in [0.3, 0.4) is 0 Å². The molecule has 3 rings (SSSR count). The lowest BCUT2D eigenvalue weighted by Gasteiger charge is -2.11. The minimum atomic E-state index is -0.763. The number of ether oxygens (including phenoxy) is 1. The minimum absolute atomic E-state index is 0.141. The van der Waals surface area contributed by atoms with Gasteiger partial charge in [-0.2, -0.15) is 0 Å². The summed E-state index contributed by atoms with van der Waals surface area (Å²) >= 11 is 1.24. The van der Waals surface area contributed by atoms with Crippen LogP contribution in [-0.4, -0.2) is 35.2 Å². The van der Waals surface area contributed by atoms with Crippen molar-refractivity contribution in [3.05, 3.63) is 48.4 Å². The summed E-state index contributed by atoms with van der Waals surface area (Å²) in [7, 11) is 1.60. The van der Waals surface area contributed by atoms with Crippen molar-refractivity contribution in [2.45, 2.75) is 13.0 Å². The van der Waals surface area contributed by atoms with Crippen LogP contribution >= 0.6 is 11.3 Å². The van der Waals surface area contributed by atoms with Gasteiger partial charge in [0.05, 0.1) is 13.4 Å². The number of carbonyl (C=O) groups is 2. The Kier molecular flexibility index (Phi) is 5.28. The van der Waals surface area contributed by atoms with Gasteiger partial charge in [0.1, 0.15) is 16.8 Å². The van der Waals surface area contributed by atoms with Gasteiger partial charge >= 0.3 is 0 Å². The monoisotopic (exact) mass is 372 g/mol. The quantitative estimate of drug-likeness (QED) is 0.689. The maximum absolute atomic E-state index is 12.2. The van der Waals surface area contributed by atoms with Crippen molar-refractivity contribution in [3.8, 4) is 16.3 Å². The number of amides is 2. The molecule has 0 aliphatic rings. The highest BCUT2D eigenvalue weighted by atomic mass is 32.1. The number of aromatic nitrogens is 2. The SMILES string of the molecule is COc1ccc(-c2nnc(NC(=O)C(C)NC(=O)c3ccco3)s2)cc1. The Morgan fingerprint density at radius 2 is 1.96 bits per heavy atom. The zero-order valence-corrected chi connectivity index (χ0v) is 14.9. The van der Waals surface area contributed by atoms with E-state index in [2.05, 4.69) is 20.8 Å². The van der Waals surface area contributed by atoms with Crippen molar-refractivity contribution in [1.29, 1.82) is 0 Å². The van der Waals surface area contributed by atoms with Crippen LogP contribution in [0.1, 0.15) is 17.5 Å². The summed E-state index contributed by atoms with van der Waals surface area (Å²) in [6.45, 7) is 1.57. The average Bonchev–Trinajstić information content (AvgIpc) is 3.34. The second kappa shape index (κ2) is 7.79. The zero-order chi connectivity index (χ0) is 18.5. The first-order valence-corrected chi connectivity index (χ1v) is 8.51. The lowest BCUT2D eigenvalue weighted by atomic mass is 10.2. The molecule has 26 heavy (non-hydrogen) atoms. The molecule has 0 bridgehead atoms. The Labute approximate surface area is 153 Å². The van der Waals surface area contributed by atoms with Gasteiger partial charge in [0.15, 0.2) is 5.76 Å². The Balaban J connectivity index is 1.60. The van der Waals surface area contributed by atoms with E-state index in [-0.39, 0.29) is 5.76 Å². The van der Waals surface area contributed by atoms with E-state index in [0.29, 0.717) is 10.1 Å². The molecule has 0 aliphatic heterocycles. The van der Waals surface area contributed by atoms with Crippen LogP contribution in [0.5, 0.6) is 5.75 Å². The molecular formula is C17H16N4O4S. The second-order valence-corrected chi connectivity index (χ2v) is 6.28. The lowest BCUT2D eigenvalue weighted by Crippen LogP contribution is -2.41. The molecule has 1 unspecified atom stereocenters. The number of furan rings is 1. The van der Waals surface area contributed by atoms with Gasteiger partial charge in [0, 0.05) is 5.56 Å². The molecule has 1 aromatic carbocycles. The molecule has 0 spiro atoms. The maximum atomic E-state index is 12.2. The highest BCUT2D eigenvalue weighted by molar-refractivity contribution is 7.18. The first kappa shape index (κ1) is 17.6. The number of hydrogen-bond acceptors (Lipinski definition) is 7. The maximum Gasteiger partial charge on any atom is 0.287 e. The highest BCUT2D eigenvalue weighted by Crippen LogP contribution is 2.27. The van der Waals surface area contributed by atoms with Gasteiger partial charge in [-0.25, -0.2) is 0 Å². The van der Waals surface area contributed by atoms with Crippen LogP contribution in [0.15, 0.2) is 47.1 Å². The zero-order valence-electron chi connectivity index (χ0n) is 14.1. The minimum Gasteiger partial charge on any atom is -0.497 e. The molecule has 0 fully saturated rings. The van der Waals surface area contributed by atoms with Crippen LogP contribution < -0.4 is 15.4 Å². The fourth-order valence-corrected chi connectivity index (χ4v) is 2.83. The topological polar surface area (TPSA) is 106 Å². The van der Waals surface area contributed by atoms with Gasteiger partial charge < -0.3 is 14.5 Å². The van der Waals surface area contributed by atoms with Crippen molar-refractivity contribution < 1.29 is 18.7 Å². The van der Waals surface area contributed by atoms with E-state index in [1.54, 1.807) is 20.1 Å². The molecule has 9 heteroatoms. The van der Waals surface area contributed by atoms with Crippen molar-refractivity contribution in [2.24, 2.45) is 0 Å². The summed E-state index contributed by atoms with van der Waals surface area (Å²) in [5.41, 5.74) is 0.864. The fraction of sp³-hybridized carbons (Fsp3) is 0.176. The predicted octanol–water partition coefficient (Wildman–Crippen LogP) is 2.56. The van der Waals surface area contributed by atoms with E-state index in [1.165, 1.54) is 23.7 Å². The predicted molar refractivity (Wildman–Crippen MR) is 96.2 cm³/mol. The molecule has 0 aliphatic carbocycles. The van der Waals surface area contributed by atoms with Gasteiger partial charge in [-0.3, -0.25) is 14.9 Å². The van der Waals surface area contributed by atoms with Gasteiger partial charge in [-0.05, 0) is 43.3 Å². The van der Waals surface area contributed by atoms with Crippen LogP contribution in [0.2, 0.25) is 0 Å². The summed E-state index contributed by atoms with van der Waals surface area (Å²) in [5.74, 6) is 0.0199. The number of nitrogens with one attached hydrogen (secondary N) is 2. The molecule has 3 aromatic rings. The molecule has 2 amide bonds. The number of hydrogen-bond donors (Lipinski definition) is 2. The molecule has 8 nitrogen and oxygen atoms in total. The van der Waals surface area contributed by atoms with Crippen LogP contribution in [-0.2, 0) is 4.79 Å². The first-order valence-electron chi connectivity index (χ1n) is 7.70. The lowest BCUT2D eigenvalue weighted by molar-refractivity contribution is -0.117.